The number of nitrogens with one attached hydrogen (secondary N) is 1. The van der Waals surface area contributed by atoms with Crippen LogP contribution in [0.15, 0.2) is 48.7 Å². The van der Waals surface area contributed by atoms with E-state index in [0.717, 1.165) is 50.8 Å². The Morgan fingerprint density at radius 1 is 1.00 bits per heavy atom. The lowest BCUT2D eigenvalue weighted by atomic mass is 9.68. The maximum Gasteiger partial charge on any atom is 0.0794 e. The number of pyridine rings is 1. The molecule has 0 bridgehead atoms. The highest BCUT2D eigenvalue weighted by Gasteiger charge is 2.48. The number of hydrogen-bond donors (Lipinski definition) is 2. The highest BCUT2D eigenvalue weighted by atomic mass is 16.5. The van der Waals surface area contributed by atoms with Gasteiger partial charge in [-0.1, -0.05) is 43.2 Å². The van der Waals surface area contributed by atoms with Crippen molar-refractivity contribution >= 4 is 0 Å². The second-order valence-corrected chi connectivity index (χ2v) is 9.64. The Hall–Kier alpha value is -1.75. The number of nitrogens with zero attached hydrogens (tertiary/aromatic N) is 1. The van der Waals surface area contributed by atoms with E-state index in [4.69, 9.17) is 9.72 Å². The third-order valence-electron chi connectivity index (χ3n) is 7.83. The first-order valence-electron chi connectivity index (χ1n) is 11.8. The molecule has 2 aromatic rings. The summed E-state index contributed by atoms with van der Waals surface area (Å²) < 4.78 is 6.38. The number of aliphatic hydroxyl groups excluding tert-OH is 1. The Morgan fingerprint density at radius 2 is 1.80 bits per heavy atom. The summed E-state index contributed by atoms with van der Waals surface area (Å²) in [5, 5.41) is 14.2. The van der Waals surface area contributed by atoms with E-state index in [1.165, 1.54) is 36.9 Å². The van der Waals surface area contributed by atoms with Crippen molar-refractivity contribution in [1.29, 1.82) is 0 Å². The summed E-state index contributed by atoms with van der Waals surface area (Å²) in [6.07, 6.45) is 11.6. The molecule has 30 heavy (non-hydrogen) atoms. The van der Waals surface area contributed by atoms with E-state index in [2.05, 4.69) is 35.6 Å². The van der Waals surface area contributed by atoms with Gasteiger partial charge in [-0.05, 0) is 74.8 Å². The van der Waals surface area contributed by atoms with Crippen LogP contribution in [0, 0.1) is 0 Å². The van der Waals surface area contributed by atoms with Gasteiger partial charge in [-0.2, -0.15) is 0 Å². The maximum atomic E-state index is 10.4. The monoisotopic (exact) mass is 406 g/mol. The SMILES string of the molecule is O[C@@H]1CC[C@H](NCC[C@@]2(c3ccccn3)CCOC3(CCCC3)C2)c2ccccc21. The zero-order valence-electron chi connectivity index (χ0n) is 17.9. The molecule has 1 spiro atoms. The van der Waals surface area contributed by atoms with E-state index in [0.29, 0.717) is 6.04 Å². The van der Waals surface area contributed by atoms with Crippen LogP contribution in [-0.2, 0) is 10.2 Å². The molecule has 5 rings (SSSR count). The fourth-order valence-electron chi connectivity index (χ4n) is 6.26. The van der Waals surface area contributed by atoms with Gasteiger partial charge in [-0.3, -0.25) is 4.98 Å². The second kappa shape index (κ2) is 8.41. The van der Waals surface area contributed by atoms with Gasteiger partial charge in [-0.25, -0.2) is 0 Å². The van der Waals surface area contributed by atoms with Crippen molar-refractivity contribution in [2.24, 2.45) is 0 Å². The average Bonchev–Trinajstić information content (AvgIpc) is 3.23. The van der Waals surface area contributed by atoms with Gasteiger partial charge < -0.3 is 15.2 Å². The summed E-state index contributed by atoms with van der Waals surface area (Å²) in [5.74, 6) is 0. The third kappa shape index (κ3) is 3.81. The predicted octanol–water partition coefficient (Wildman–Crippen LogP) is 4.99. The van der Waals surface area contributed by atoms with Crippen molar-refractivity contribution in [2.45, 2.75) is 80.9 Å². The molecule has 1 aliphatic heterocycles. The van der Waals surface area contributed by atoms with Crippen LogP contribution in [0.4, 0.5) is 0 Å². The highest BCUT2D eigenvalue weighted by Crippen LogP contribution is 2.49. The Labute approximate surface area is 180 Å². The van der Waals surface area contributed by atoms with Gasteiger partial charge in [0.15, 0.2) is 0 Å². The number of aliphatic hydroxyl groups is 1. The highest BCUT2D eigenvalue weighted by molar-refractivity contribution is 5.34. The standard InChI is InChI=1S/C26H34N2O2/c29-23-11-10-22(20-7-1-2-8-21(20)23)27-17-14-25(24-9-3-6-16-28-24)15-18-30-26(19-25)12-4-5-13-26/h1-3,6-9,16,22-23,27,29H,4-5,10-15,17-19H2/t22-,23+,25+/m0/s1. The molecule has 3 atom stereocenters. The molecule has 1 aromatic carbocycles. The van der Waals surface area contributed by atoms with Gasteiger partial charge in [0.2, 0.25) is 0 Å². The van der Waals surface area contributed by atoms with Crippen LogP contribution in [0.1, 0.15) is 86.8 Å². The lowest BCUT2D eigenvalue weighted by Crippen LogP contribution is -2.47. The Balaban J connectivity index is 1.34. The molecular formula is C26H34N2O2. The van der Waals surface area contributed by atoms with Crippen molar-refractivity contribution in [3.8, 4) is 0 Å². The van der Waals surface area contributed by atoms with E-state index in [-0.39, 0.29) is 17.1 Å². The van der Waals surface area contributed by atoms with Crippen molar-refractivity contribution in [1.82, 2.24) is 10.3 Å². The van der Waals surface area contributed by atoms with Crippen LogP contribution < -0.4 is 5.32 Å². The van der Waals surface area contributed by atoms with Crippen molar-refractivity contribution in [3.63, 3.8) is 0 Å². The minimum atomic E-state index is -0.322. The Kier molecular flexibility index (Phi) is 5.65. The molecule has 160 valence electrons. The number of ether oxygens (including phenoxy) is 1. The molecule has 0 radical (unpaired) electrons. The second-order valence-electron chi connectivity index (χ2n) is 9.64. The molecule has 2 aliphatic carbocycles. The van der Waals surface area contributed by atoms with E-state index < -0.39 is 0 Å². The molecule has 4 nitrogen and oxygen atoms in total. The van der Waals surface area contributed by atoms with E-state index in [1.54, 1.807) is 0 Å². The van der Waals surface area contributed by atoms with Crippen LogP contribution in [0.3, 0.4) is 0 Å². The molecule has 1 saturated heterocycles. The van der Waals surface area contributed by atoms with Gasteiger partial charge in [-0.15, -0.1) is 0 Å². The van der Waals surface area contributed by atoms with Crippen LogP contribution in [0.5, 0.6) is 0 Å². The van der Waals surface area contributed by atoms with Gasteiger partial charge in [0, 0.05) is 30.0 Å². The van der Waals surface area contributed by atoms with Crippen molar-refractivity contribution < 1.29 is 9.84 Å². The first-order valence-corrected chi connectivity index (χ1v) is 11.8. The zero-order valence-corrected chi connectivity index (χ0v) is 17.9. The quantitative estimate of drug-likeness (QED) is 0.734. The number of fused-ring (bicyclic) bond motifs is 1. The van der Waals surface area contributed by atoms with Crippen molar-refractivity contribution in [3.05, 3.63) is 65.5 Å². The van der Waals surface area contributed by atoms with Crippen LogP contribution >= 0.6 is 0 Å². The maximum absolute atomic E-state index is 10.4. The molecule has 1 aromatic heterocycles. The first kappa shape index (κ1) is 20.2. The molecule has 1 saturated carbocycles. The van der Waals surface area contributed by atoms with Gasteiger partial charge >= 0.3 is 0 Å². The summed E-state index contributed by atoms with van der Waals surface area (Å²) in [5.41, 5.74) is 3.75. The fraction of sp³-hybridized carbons (Fsp3) is 0.577. The molecule has 2 heterocycles. The first-order chi connectivity index (χ1) is 14.7. The van der Waals surface area contributed by atoms with Crippen molar-refractivity contribution in [2.75, 3.05) is 13.2 Å². The topological polar surface area (TPSA) is 54.4 Å². The minimum Gasteiger partial charge on any atom is -0.388 e. The van der Waals surface area contributed by atoms with Gasteiger partial charge in [0.1, 0.15) is 0 Å². The van der Waals surface area contributed by atoms with Gasteiger partial charge in [0.25, 0.3) is 0 Å². The number of hydrogen-bond acceptors (Lipinski definition) is 4. The molecule has 0 unspecified atom stereocenters. The summed E-state index contributed by atoms with van der Waals surface area (Å²) in [4.78, 5) is 4.82. The summed E-state index contributed by atoms with van der Waals surface area (Å²) in [7, 11) is 0. The smallest absolute Gasteiger partial charge is 0.0794 e. The van der Waals surface area contributed by atoms with Crippen LogP contribution in [0.2, 0.25) is 0 Å². The fourth-order valence-corrected chi connectivity index (χ4v) is 6.26. The lowest BCUT2D eigenvalue weighted by Gasteiger charge is -2.46. The summed E-state index contributed by atoms with van der Waals surface area (Å²) in [6.45, 7) is 1.80. The average molecular weight is 407 g/mol. The van der Waals surface area contributed by atoms with E-state index in [9.17, 15) is 5.11 Å². The molecule has 2 N–H and O–H groups in total. The minimum absolute atomic E-state index is 0.0668. The Bertz CT molecular complexity index is 849. The lowest BCUT2D eigenvalue weighted by molar-refractivity contribution is -0.104. The third-order valence-corrected chi connectivity index (χ3v) is 7.83. The molecular weight excluding hydrogens is 372 g/mol. The van der Waals surface area contributed by atoms with Crippen LogP contribution in [0.25, 0.3) is 0 Å². The van der Waals surface area contributed by atoms with Gasteiger partial charge in [0.05, 0.1) is 11.7 Å². The summed E-state index contributed by atoms with van der Waals surface area (Å²) in [6, 6.07) is 15.1. The van der Waals surface area contributed by atoms with E-state index in [1.807, 2.05) is 18.3 Å². The normalized spacial score (nSPS) is 30.3. The van der Waals surface area contributed by atoms with Crippen LogP contribution in [-0.4, -0.2) is 28.8 Å². The van der Waals surface area contributed by atoms with E-state index >= 15 is 0 Å². The molecule has 0 amide bonds. The summed E-state index contributed by atoms with van der Waals surface area (Å²) >= 11 is 0. The molecule has 4 heteroatoms. The Morgan fingerprint density at radius 3 is 2.60 bits per heavy atom. The number of aromatic nitrogens is 1. The zero-order chi connectivity index (χ0) is 20.4. The molecule has 3 aliphatic rings. The number of benzene rings is 1. The number of rotatable bonds is 5. The molecule has 2 fully saturated rings. The largest absolute Gasteiger partial charge is 0.388 e. The predicted molar refractivity (Wildman–Crippen MR) is 118 cm³/mol.